The highest BCUT2D eigenvalue weighted by Gasteiger charge is 2.33. The molecule has 5 nitrogen and oxygen atoms in total. The second-order valence-corrected chi connectivity index (χ2v) is 6.87. The first kappa shape index (κ1) is 14.1. The average molecular weight is 357 g/mol. The fourth-order valence-corrected chi connectivity index (χ4v) is 3.15. The molecule has 1 unspecified atom stereocenters. The first-order chi connectivity index (χ1) is 9.67. The van der Waals surface area contributed by atoms with Crippen LogP contribution in [0, 0.1) is 5.92 Å². The fourth-order valence-electron chi connectivity index (χ4n) is 2.38. The van der Waals surface area contributed by atoms with Crippen molar-refractivity contribution in [3.8, 4) is 0 Å². The van der Waals surface area contributed by atoms with E-state index >= 15 is 0 Å². The van der Waals surface area contributed by atoms with E-state index in [1.54, 1.807) is 6.20 Å². The molecule has 1 aliphatic carbocycles. The third-order valence-corrected chi connectivity index (χ3v) is 4.79. The average Bonchev–Trinajstić information content (AvgIpc) is 3.12. The number of nitrogens with one attached hydrogen (secondary N) is 1. The van der Waals surface area contributed by atoms with Crippen molar-refractivity contribution in [1.29, 1.82) is 0 Å². The van der Waals surface area contributed by atoms with Crippen LogP contribution in [0.25, 0.3) is 0 Å². The van der Waals surface area contributed by atoms with Gasteiger partial charge in [0.05, 0.1) is 10.4 Å². The minimum absolute atomic E-state index is 0.0789. The monoisotopic (exact) mass is 356 g/mol. The van der Waals surface area contributed by atoms with Crippen LogP contribution in [-0.2, 0) is 4.79 Å². The van der Waals surface area contributed by atoms with Gasteiger partial charge in [-0.3, -0.25) is 4.79 Å². The topological polar surface area (TPSA) is 58.1 Å². The van der Waals surface area contributed by atoms with Gasteiger partial charge >= 0.3 is 0 Å². The summed E-state index contributed by atoms with van der Waals surface area (Å²) >= 11 is 5.03. The molecule has 0 radical (unpaired) electrons. The van der Waals surface area contributed by atoms with Gasteiger partial charge in [-0.15, -0.1) is 0 Å². The summed E-state index contributed by atoms with van der Waals surface area (Å²) in [6, 6.07) is 0.436. The number of aromatic nitrogens is 2. The first-order valence-corrected chi connectivity index (χ1v) is 8.81. The van der Waals surface area contributed by atoms with Gasteiger partial charge in [0.15, 0.2) is 5.16 Å². The van der Waals surface area contributed by atoms with Gasteiger partial charge < -0.3 is 10.2 Å². The lowest BCUT2D eigenvalue weighted by Gasteiger charge is -2.19. The summed E-state index contributed by atoms with van der Waals surface area (Å²) in [4.78, 5) is 23.0. The maximum absolute atomic E-state index is 12.1. The maximum Gasteiger partial charge on any atom is 0.225 e. The lowest BCUT2D eigenvalue weighted by molar-refractivity contribution is -0.124. The van der Waals surface area contributed by atoms with E-state index in [9.17, 15) is 4.79 Å². The Kier molecular flexibility index (Phi) is 4.16. The van der Waals surface area contributed by atoms with E-state index < -0.39 is 0 Å². The van der Waals surface area contributed by atoms with E-state index in [2.05, 4.69) is 36.1 Å². The van der Waals surface area contributed by atoms with E-state index in [4.69, 9.17) is 0 Å². The zero-order chi connectivity index (χ0) is 14.1. The molecule has 1 aromatic heterocycles. The Morgan fingerprint density at radius 1 is 1.50 bits per heavy atom. The quantitative estimate of drug-likeness (QED) is 0.660. The van der Waals surface area contributed by atoms with Gasteiger partial charge in [-0.1, -0.05) is 11.8 Å². The van der Waals surface area contributed by atoms with Crippen LogP contribution in [0.5, 0.6) is 0 Å². The van der Waals surface area contributed by atoms with Crippen molar-refractivity contribution < 1.29 is 4.79 Å². The molecule has 0 aromatic carbocycles. The van der Waals surface area contributed by atoms with E-state index in [0.717, 1.165) is 47.8 Å². The normalized spacial score (nSPS) is 22.1. The van der Waals surface area contributed by atoms with E-state index in [0.29, 0.717) is 6.04 Å². The molecule has 1 amide bonds. The maximum atomic E-state index is 12.1. The molecule has 3 rings (SSSR count). The number of nitrogens with zero attached hydrogens (tertiary/aromatic N) is 3. The molecule has 7 heteroatoms. The molecule has 1 atom stereocenters. The molecule has 0 bridgehead atoms. The van der Waals surface area contributed by atoms with Crippen LogP contribution in [0.4, 0.5) is 5.82 Å². The molecule has 1 saturated carbocycles. The Balaban J connectivity index is 1.68. The van der Waals surface area contributed by atoms with Gasteiger partial charge in [0.25, 0.3) is 0 Å². The highest BCUT2D eigenvalue weighted by molar-refractivity contribution is 9.10. The number of thioether (sulfide) groups is 1. The van der Waals surface area contributed by atoms with Crippen LogP contribution in [-0.4, -0.2) is 41.3 Å². The molecule has 2 heterocycles. The van der Waals surface area contributed by atoms with Gasteiger partial charge in [0.1, 0.15) is 5.82 Å². The number of carbonyl (C=O) groups excluding carboxylic acids is 1. The van der Waals surface area contributed by atoms with Gasteiger partial charge in [0.2, 0.25) is 5.91 Å². The summed E-state index contributed by atoms with van der Waals surface area (Å²) in [5.74, 6) is 1.17. The molecule has 1 N–H and O–H groups in total. The molecule has 2 aliphatic rings. The molecule has 2 fully saturated rings. The highest BCUT2D eigenvalue weighted by atomic mass is 79.9. The SMILES string of the molecule is CSc1ncc(Br)c(N2CCC(C(=O)NC3CC3)C2)n1. The predicted octanol–water partition coefficient (Wildman–Crippen LogP) is 2.07. The number of amides is 1. The summed E-state index contributed by atoms with van der Waals surface area (Å²) in [6.45, 7) is 1.61. The second-order valence-electron chi connectivity index (χ2n) is 5.24. The highest BCUT2D eigenvalue weighted by Crippen LogP contribution is 2.30. The Morgan fingerprint density at radius 2 is 2.30 bits per heavy atom. The molecular weight excluding hydrogens is 340 g/mol. The summed E-state index contributed by atoms with van der Waals surface area (Å²) in [5.41, 5.74) is 0. The Morgan fingerprint density at radius 3 is 3.00 bits per heavy atom. The van der Waals surface area contributed by atoms with Crippen molar-refractivity contribution in [2.45, 2.75) is 30.5 Å². The van der Waals surface area contributed by atoms with Crippen molar-refractivity contribution in [3.05, 3.63) is 10.7 Å². The molecule has 1 aromatic rings. The molecule has 108 valence electrons. The van der Waals surface area contributed by atoms with Crippen LogP contribution in [0.15, 0.2) is 15.8 Å². The number of halogens is 1. The van der Waals surface area contributed by atoms with Crippen LogP contribution in [0.1, 0.15) is 19.3 Å². The smallest absolute Gasteiger partial charge is 0.225 e. The summed E-state index contributed by atoms with van der Waals surface area (Å²) in [5, 5.41) is 3.85. The van der Waals surface area contributed by atoms with Gasteiger partial charge in [-0.25, -0.2) is 9.97 Å². The number of hydrogen-bond donors (Lipinski definition) is 1. The standard InChI is InChI=1S/C13H17BrN4OS/c1-20-13-15-6-10(14)11(17-13)18-5-4-8(7-18)12(19)16-9-2-3-9/h6,8-9H,2-5,7H2,1H3,(H,16,19). The molecule has 0 spiro atoms. The third kappa shape index (κ3) is 3.09. The molecular formula is C13H17BrN4OS. The van der Waals surface area contributed by atoms with Gasteiger partial charge in [0, 0.05) is 25.3 Å². The van der Waals surface area contributed by atoms with Crippen molar-refractivity contribution in [2.24, 2.45) is 5.92 Å². The summed E-state index contributed by atoms with van der Waals surface area (Å²) in [7, 11) is 0. The first-order valence-electron chi connectivity index (χ1n) is 6.79. The summed E-state index contributed by atoms with van der Waals surface area (Å²) < 4.78 is 0.888. The minimum Gasteiger partial charge on any atom is -0.355 e. The largest absolute Gasteiger partial charge is 0.355 e. The number of anilines is 1. The Hall–Kier alpha value is -0.820. The van der Waals surface area contributed by atoms with Gasteiger partial charge in [-0.05, 0) is 41.4 Å². The second kappa shape index (κ2) is 5.89. The van der Waals surface area contributed by atoms with Gasteiger partial charge in [-0.2, -0.15) is 0 Å². The third-order valence-electron chi connectivity index (χ3n) is 3.67. The van der Waals surface area contributed by atoms with E-state index in [-0.39, 0.29) is 11.8 Å². The van der Waals surface area contributed by atoms with E-state index in [1.807, 2.05) is 6.26 Å². The van der Waals surface area contributed by atoms with Crippen molar-refractivity contribution in [3.63, 3.8) is 0 Å². The minimum atomic E-state index is 0.0789. The molecule has 1 aliphatic heterocycles. The van der Waals surface area contributed by atoms with Crippen molar-refractivity contribution in [2.75, 3.05) is 24.2 Å². The zero-order valence-electron chi connectivity index (χ0n) is 11.3. The van der Waals surface area contributed by atoms with Crippen LogP contribution >= 0.6 is 27.7 Å². The predicted molar refractivity (Wildman–Crippen MR) is 83.0 cm³/mol. The van der Waals surface area contributed by atoms with Crippen LogP contribution < -0.4 is 10.2 Å². The zero-order valence-corrected chi connectivity index (χ0v) is 13.7. The van der Waals surface area contributed by atoms with Crippen molar-refractivity contribution in [1.82, 2.24) is 15.3 Å². The fraction of sp³-hybridized carbons (Fsp3) is 0.615. The van der Waals surface area contributed by atoms with Crippen LogP contribution in [0.3, 0.4) is 0 Å². The molecule has 1 saturated heterocycles. The number of rotatable bonds is 4. The summed E-state index contributed by atoms with van der Waals surface area (Å²) in [6.07, 6.45) is 6.91. The molecule has 20 heavy (non-hydrogen) atoms. The van der Waals surface area contributed by atoms with Crippen LogP contribution in [0.2, 0.25) is 0 Å². The number of hydrogen-bond acceptors (Lipinski definition) is 5. The Labute approximate surface area is 131 Å². The van der Waals surface area contributed by atoms with E-state index in [1.165, 1.54) is 11.8 Å². The van der Waals surface area contributed by atoms with Crippen molar-refractivity contribution >= 4 is 39.4 Å². The number of carbonyl (C=O) groups is 1. The lowest BCUT2D eigenvalue weighted by Crippen LogP contribution is -2.34. The lowest BCUT2D eigenvalue weighted by atomic mass is 10.1. The Bertz CT molecular complexity index is 523.